The van der Waals surface area contributed by atoms with Gasteiger partial charge < -0.3 is 0 Å². The summed E-state index contributed by atoms with van der Waals surface area (Å²) < 4.78 is 38.4. The Hall–Kier alpha value is -1.75. The normalized spacial score (nSPS) is 13.9. The quantitative estimate of drug-likeness (QED) is 0.681. The first-order chi connectivity index (χ1) is 10.5. The van der Waals surface area contributed by atoms with Gasteiger partial charge in [-0.3, -0.25) is 4.99 Å². The van der Waals surface area contributed by atoms with E-state index < -0.39 is 11.7 Å². The second kappa shape index (κ2) is 5.80. The van der Waals surface area contributed by atoms with Gasteiger partial charge in [0.25, 0.3) is 0 Å². The average molecular weight is 321 g/mol. The number of rotatable bonds is 3. The summed E-state index contributed by atoms with van der Waals surface area (Å²) in [4.78, 5) is 5.56. The molecule has 0 fully saturated rings. The van der Waals surface area contributed by atoms with E-state index in [0.717, 1.165) is 39.6 Å². The summed E-state index contributed by atoms with van der Waals surface area (Å²) in [6.07, 6.45) is -3.75. The monoisotopic (exact) mass is 321 g/mol. The molecule has 1 aliphatic rings. The Balaban J connectivity index is 1.98. The fourth-order valence-corrected chi connectivity index (χ4v) is 3.33. The van der Waals surface area contributed by atoms with Gasteiger partial charge in [-0.2, -0.15) is 13.2 Å². The Bertz CT molecular complexity index is 735. The minimum absolute atomic E-state index is 0.432. The number of nitrogens with zero attached hydrogens (tertiary/aromatic N) is 1. The van der Waals surface area contributed by atoms with Crippen LogP contribution in [0, 0.1) is 0 Å². The number of hydrogen-bond acceptors (Lipinski definition) is 2. The van der Waals surface area contributed by atoms with Gasteiger partial charge in [-0.15, -0.1) is 11.8 Å². The summed E-state index contributed by atoms with van der Waals surface area (Å²) >= 11 is 1.71. The number of halogens is 3. The van der Waals surface area contributed by atoms with Crippen LogP contribution in [0.2, 0.25) is 0 Å². The molecule has 2 aromatic rings. The molecular formula is C17H14F3NS. The molecule has 0 aromatic heterocycles. The van der Waals surface area contributed by atoms with E-state index in [1.54, 1.807) is 11.8 Å². The molecular weight excluding hydrogens is 307 g/mol. The molecule has 22 heavy (non-hydrogen) atoms. The predicted molar refractivity (Wildman–Crippen MR) is 84.2 cm³/mol. The standard InChI is InChI=1S/C17H14F3NS/c1-2-22-16-6-4-3-5-13(16)15-9-11-7-8-12(17(18,19)20)10-14(11)21-15/h3-8,10H,2,9H2,1H3. The molecule has 114 valence electrons. The first-order valence-corrected chi connectivity index (χ1v) is 7.97. The van der Waals surface area contributed by atoms with E-state index in [0.29, 0.717) is 12.1 Å². The molecule has 0 amide bonds. The van der Waals surface area contributed by atoms with E-state index in [1.165, 1.54) is 6.07 Å². The summed E-state index contributed by atoms with van der Waals surface area (Å²) in [6.45, 7) is 2.07. The van der Waals surface area contributed by atoms with Gasteiger partial charge in [0.2, 0.25) is 0 Å². The van der Waals surface area contributed by atoms with Gasteiger partial charge >= 0.3 is 6.18 Å². The molecule has 0 unspecified atom stereocenters. The molecule has 0 atom stereocenters. The highest BCUT2D eigenvalue weighted by Crippen LogP contribution is 2.37. The van der Waals surface area contributed by atoms with Gasteiger partial charge in [0.1, 0.15) is 0 Å². The van der Waals surface area contributed by atoms with Crippen LogP contribution in [0.3, 0.4) is 0 Å². The Kier molecular flexibility index (Phi) is 4.00. The SMILES string of the molecule is CCSc1ccccc1C1=Nc2cc(C(F)(F)F)ccc2C1. The number of alkyl halides is 3. The lowest BCUT2D eigenvalue weighted by Crippen LogP contribution is -2.04. The van der Waals surface area contributed by atoms with Crippen molar-refractivity contribution >= 4 is 23.2 Å². The molecule has 2 aromatic carbocycles. The molecule has 1 nitrogen and oxygen atoms in total. The van der Waals surface area contributed by atoms with Gasteiger partial charge in [0.15, 0.2) is 0 Å². The molecule has 3 rings (SSSR count). The fraction of sp³-hybridized carbons (Fsp3) is 0.235. The zero-order valence-electron chi connectivity index (χ0n) is 11.9. The third-order valence-corrected chi connectivity index (χ3v) is 4.48. The van der Waals surface area contributed by atoms with Crippen molar-refractivity contribution in [1.82, 2.24) is 0 Å². The molecule has 0 saturated heterocycles. The summed E-state index contributed by atoms with van der Waals surface area (Å²) in [5.41, 5.74) is 2.48. The van der Waals surface area contributed by atoms with Crippen LogP contribution in [0.1, 0.15) is 23.6 Å². The molecule has 0 N–H and O–H groups in total. The minimum Gasteiger partial charge on any atom is -0.252 e. The van der Waals surface area contributed by atoms with Gasteiger partial charge in [0, 0.05) is 16.9 Å². The van der Waals surface area contributed by atoms with Crippen LogP contribution in [0.5, 0.6) is 0 Å². The summed E-state index contributed by atoms with van der Waals surface area (Å²) in [5, 5.41) is 0. The molecule has 1 aliphatic heterocycles. The molecule has 0 bridgehead atoms. The summed E-state index contributed by atoms with van der Waals surface area (Å²) in [7, 11) is 0. The van der Waals surface area contributed by atoms with Crippen LogP contribution in [0.25, 0.3) is 0 Å². The van der Waals surface area contributed by atoms with Crippen LogP contribution in [0.15, 0.2) is 52.4 Å². The number of thioether (sulfide) groups is 1. The van der Waals surface area contributed by atoms with Gasteiger partial charge in [-0.1, -0.05) is 31.2 Å². The zero-order chi connectivity index (χ0) is 15.7. The number of hydrogen-bond donors (Lipinski definition) is 0. The molecule has 0 spiro atoms. The molecule has 5 heteroatoms. The maximum absolute atomic E-state index is 12.8. The Morgan fingerprint density at radius 2 is 1.91 bits per heavy atom. The second-order valence-electron chi connectivity index (χ2n) is 5.01. The van der Waals surface area contributed by atoms with Crippen molar-refractivity contribution in [3.63, 3.8) is 0 Å². The Labute approximate surface area is 131 Å². The van der Waals surface area contributed by atoms with Gasteiger partial charge in [0.05, 0.1) is 17.0 Å². The molecule has 0 saturated carbocycles. The first kappa shape index (κ1) is 15.2. The van der Waals surface area contributed by atoms with Crippen LogP contribution in [0.4, 0.5) is 18.9 Å². The lowest BCUT2D eigenvalue weighted by atomic mass is 10.0. The van der Waals surface area contributed by atoms with E-state index in [4.69, 9.17) is 0 Å². The van der Waals surface area contributed by atoms with Crippen molar-refractivity contribution in [1.29, 1.82) is 0 Å². The van der Waals surface area contributed by atoms with Crippen molar-refractivity contribution in [3.05, 3.63) is 59.2 Å². The van der Waals surface area contributed by atoms with Crippen LogP contribution in [-0.2, 0) is 12.6 Å². The van der Waals surface area contributed by atoms with Crippen molar-refractivity contribution in [2.45, 2.75) is 24.4 Å². The van der Waals surface area contributed by atoms with Crippen molar-refractivity contribution in [2.24, 2.45) is 4.99 Å². The second-order valence-corrected chi connectivity index (χ2v) is 6.31. The predicted octanol–water partition coefficient (Wildman–Crippen LogP) is 5.49. The summed E-state index contributed by atoms with van der Waals surface area (Å²) in [6, 6.07) is 11.7. The van der Waals surface area contributed by atoms with Crippen molar-refractivity contribution in [2.75, 3.05) is 5.75 Å². The van der Waals surface area contributed by atoms with Crippen LogP contribution < -0.4 is 0 Å². The van der Waals surface area contributed by atoms with E-state index in [1.807, 2.05) is 24.3 Å². The molecule has 1 heterocycles. The molecule has 0 radical (unpaired) electrons. The number of aliphatic imine (C=N–C) groups is 1. The third kappa shape index (κ3) is 2.90. The maximum Gasteiger partial charge on any atom is 0.416 e. The largest absolute Gasteiger partial charge is 0.416 e. The highest BCUT2D eigenvalue weighted by Gasteiger charge is 2.32. The smallest absolute Gasteiger partial charge is 0.252 e. The van der Waals surface area contributed by atoms with Gasteiger partial charge in [-0.05, 0) is 29.5 Å². The third-order valence-electron chi connectivity index (χ3n) is 3.52. The fourth-order valence-electron chi connectivity index (χ4n) is 2.50. The van der Waals surface area contributed by atoms with Crippen molar-refractivity contribution in [3.8, 4) is 0 Å². The van der Waals surface area contributed by atoms with E-state index in [2.05, 4.69) is 11.9 Å². The highest BCUT2D eigenvalue weighted by atomic mass is 32.2. The number of fused-ring (bicyclic) bond motifs is 1. The van der Waals surface area contributed by atoms with Crippen LogP contribution in [-0.4, -0.2) is 11.5 Å². The average Bonchev–Trinajstić information content (AvgIpc) is 2.90. The van der Waals surface area contributed by atoms with Crippen LogP contribution >= 0.6 is 11.8 Å². The van der Waals surface area contributed by atoms with E-state index >= 15 is 0 Å². The highest BCUT2D eigenvalue weighted by molar-refractivity contribution is 7.99. The Morgan fingerprint density at radius 3 is 2.64 bits per heavy atom. The number of benzene rings is 2. The van der Waals surface area contributed by atoms with E-state index in [-0.39, 0.29) is 0 Å². The zero-order valence-corrected chi connectivity index (χ0v) is 12.8. The lowest BCUT2D eigenvalue weighted by Gasteiger charge is -2.07. The van der Waals surface area contributed by atoms with Gasteiger partial charge in [-0.25, -0.2) is 0 Å². The minimum atomic E-state index is -4.33. The van der Waals surface area contributed by atoms with Crippen molar-refractivity contribution < 1.29 is 13.2 Å². The lowest BCUT2D eigenvalue weighted by molar-refractivity contribution is -0.137. The topological polar surface area (TPSA) is 12.4 Å². The Morgan fingerprint density at radius 1 is 1.14 bits per heavy atom. The maximum atomic E-state index is 12.8. The first-order valence-electron chi connectivity index (χ1n) is 6.99. The summed E-state index contributed by atoms with van der Waals surface area (Å²) in [5.74, 6) is 0.940. The molecule has 0 aliphatic carbocycles. The van der Waals surface area contributed by atoms with E-state index in [9.17, 15) is 13.2 Å².